The Hall–Kier alpha value is -2.14. The molecule has 2 aromatic carbocycles. The van der Waals surface area contributed by atoms with E-state index < -0.39 is 11.6 Å². The summed E-state index contributed by atoms with van der Waals surface area (Å²) in [5, 5.41) is 0. The van der Waals surface area contributed by atoms with Crippen molar-refractivity contribution in [2.75, 3.05) is 0 Å². The predicted octanol–water partition coefficient (Wildman–Crippen LogP) is 3.67. The van der Waals surface area contributed by atoms with Gasteiger partial charge in [-0.2, -0.15) is 0 Å². The first-order chi connectivity index (χ1) is 8.16. The van der Waals surface area contributed by atoms with Gasteiger partial charge in [-0.1, -0.05) is 35.6 Å². The van der Waals surface area contributed by atoms with Gasteiger partial charge in [-0.15, -0.1) is 0 Å². The number of hydrogen-bond donors (Lipinski definition) is 0. The molecule has 0 saturated carbocycles. The van der Waals surface area contributed by atoms with Crippen LogP contribution in [0, 0.1) is 30.4 Å². The molecule has 2 rings (SSSR count). The molecule has 84 valence electrons. The third kappa shape index (κ3) is 2.70. The number of rotatable bonds is 0. The van der Waals surface area contributed by atoms with Crippen molar-refractivity contribution in [2.45, 2.75) is 6.92 Å². The molecule has 0 nitrogen and oxygen atoms in total. The van der Waals surface area contributed by atoms with Gasteiger partial charge in [-0.3, -0.25) is 0 Å². The molecule has 0 radical (unpaired) electrons. The van der Waals surface area contributed by atoms with Crippen LogP contribution in [0.5, 0.6) is 0 Å². The second-order valence-electron chi connectivity index (χ2n) is 3.71. The van der Waals surface area contributed by atoms with Gasteiger partial charge in [0.2, 0.25) is 0 Å². The van der Waals surface area contributed by atoms with Gasteiger partial charge in [0.05, 0.1) is 5.56 Å². The summed E-state index contributed by atoms with van der Waals surface area (Å²) in [5.41, 5.74) is 1.67. The second-order valence-corrected chi connectivity index (χ2v) is 3.71. The van der Waals surface area contributed by atoms with Crippen LogP contribution < -0.4 is 0 Å². The molecular weight excluding hydrogens is 218 g/mol. The van der Waals surface area contributed by atoms with E-state index in [4.69, 9.17) is 0 Å². The van der Waals surface area contributed by atoms with E-state index in [0.29, 0.717) is 0 Å². The summed E-state index contributed by atoms with van der Waals surface area (Å²) in [5.74, 6) is 3.99. The maximum Gasteiger partial charge on any atom is 0.141 e. The summed E-state index contributed by atoms with van der Waals surface area (Å²) in [4.78, 5) is 0. The molecule has 2 aromatic rings. The number of halogens is 2. The van der Waals surface area contributed by atoms with Gasteiger partial charge < -0.3 is 0 Å². The standard InChI is InChI=1S/C15H10F2/c1-11-5-7-12(8-6-11)9-10-13-14(16)3-2-4-15(13)17/h2-8H,1H3. The molecular formula is C15H10F2. The Morgan fingerprint density at radius 1 is 0.824 bits per heavy atom. The molecule has 0 aliphatic carbocycles. The summed E-state index contributed by atoms with van der Waals surface area (Å²) >= 11 is 0. The fourth-order valence-corrected chi connectivity index (χ4v) is 1.39. The first kappa shape index (κ1) is 11.3. The second kappa shape index (κ2) is 4.80. The van der Waals surface area contributed by atoms with Gasteiger partial charge >= 0.3 is 0 Å². The van der Waals surface area contributed by atoms with Crippen LogP contribution in [-0.2, 0) is 0 Å². The van der Waals surface area contributed by atoms with E-state index in [9.17, 15) is 8.78 Å². The Morgan fingerprint density at radius 2 is 1.41 bits per heavy atom. The van der Waals surface area contributed by atoms with Crippen LogP contribution in [0.3, 0.4) is 0 Å². The maximum absolute atomic E-state index is 13.3. The lowest BCUT2D eigenvalue weighted by Gasteiger charge is -1.95. The Balaban J connectivity index is 2.36. The minimum atomic E-state index is -0.635. The molecule has 0 fully saturated rings. The van der Waals surface area contributed by atoms with E-state index in [1.807, 2.05) is 31.2 Å². The highest BCUT2D eigenvalue weighted by molar-refractivity contribution is 5.44. The average molecular weight is 228 g/mol. The van der Waals surface area contributed by atoms with Crippen molar-refractivity contribution in [3.63, 3.8) is 0 Å². The lowest BCUT2D eigenvalue weighted by molar-refractivity contribution is 0.577. The zero-order valence-electron chi connectivity index (χ0n) is 9.30. The molecule has 0 amide bonds. The first-order valence-electron chi connectivity index (χ1n) is 5.19. The van der Waals surface area contributed by atoms with Gasteiger partial charge in [0.25, 0.3) is 0 Å². The van der Waals surface area contributed by atoms with Crippen LogP contribution >= 0.6 is 0 Å². The van der Waals surface area contributed by atoms with Gasteiger partial charge in [0.15, 0.2) is 0 Å². The van der Waals surface area contributed by atoms with E-state index in [0.717, 1.165) is 11.1 Å². The summed E-state index contributed by atoms with van der Waals surface area (Å²) in [6, 6.07) is 11.2. The first-order valence-corrected chi connectivity index (χ1v) is 5.19. The Bertz CT molecular complexity index is 566. The molecule has 0 bridgehead atoms. The Labute approximate surface area is 98.9 Å². The molecule has 0 heterocycles. The van der Waals surface area contributed by atoms with E-state index in [1.165, 1.54) is 18.2 Å². The van der Waals surface area contributed by atoms with Crippen molar-refractivity contribution < 1.29 is 8.78 Å². The smallest absolute Gasteiger partial charge is 0.141 e. The lowest BCUT2D eigenvalue weighted by atomic mass is 10.1. The highest BCUT2D eigenvalue weighted by atomic mass is 19.1. The molecule has 0 unspecified atom stereocenters. The molecule has 0 saturated heterocycles. The van der Waals surface area contributed by atoms with Gasteiger partial charge in [-0.05, 0) is 31.2 Å². The van der Waals surface area contributed by atoms with Crippen molar-refractivity contribution in [1.29, 1.82) is 0 Å². The van der Waals surface area contributed by atoms with E-state index in [2.05, 4.69) is 11.8 Å². The average Bonchev–Trinajstić information content (AvgIpc) is 2.31. The summed E-state index contributed by atoms with van der Waals surface area (Å²) in [6.07, 6.45) is 0. The zero-order valence-corrected chi connectivity index (χ0v) is 9.30. The normalized spacial score (nSPS) is 9.59. The van der Waals surface area contributed by atoms with Crippen LogP contribution in [0.1, 0.15) is 16.7 Å². The molecule has 0 atom stereocenters. The van der Waals surface area contributed by atoms with Gasteiger partial charge in [-0.25, -0.2) is 8.78 Å². The van der Waals surface area contributed by atoms with Crippen LogP contribution in [0.15, 0.2) is 42.5 Å². The monoisotopic (exact) mass is 228 g/mol. The zero-order chi connectivity index (χ0) is 12.3. The number of hydrogen-bond acceptors (Lipinski definition) is 0. The fraction of sp³-hybridized carbons (Fsp3) is 0.0667. The molecule has 0 aromatic heterocycles. The van der Waals surface area contributed by atoms with Gasteiger partial charge in [0, 0.05) is 5.56 Å². The minimum absolute atomic E-state index is 0.187. The van der Waals surface area contributed by atoms with Crippen molar-refractivity contribution in [3.8, 4) is 11.8 Å². The van der Waals surface area contributed by atoms with Gasteiger partial charge in [0.1, 0.15) is 11.6 Å². The Kier molecular flexibility index (Phi) is 3.20. The molecule has 2 heteroatoms. The molecule has 0 N–H and O–H groups in total. The summed E-state index contributed by atoms with van der Waals surface area (Å²) < 4.78 is 26.5. The lowest BCUT2D eigenvalue weighted by Crippen LogP contribution is -1.88. The highest BCUT2D eigenvalue weighted by Crippen LogP contribution is 2.10. The minimum Gasteiger partial charge on any atom is -0.206 e. The van der Waals surface area contributed by atoms with Crippen LogP contribution in [0.4, 0.5) is 8.78 Å². The third-order valence-corrected chi connectivity index (χ3v) is 2.35. The molecule has 17 heavy (non-hydrogen) atoms. The van der Waals surface area contributed by atoms with E-state index in [-0.39, 0.29) is 5.56 Å². The van der Waals surface area contributed by atoms with Crippen molar-refractivity contribution in [2.24, 2.45) is 0 Å². The number of aryl methyl sites for hydroxylation is 1. The SMILES string of the molecule is Cc1ccc(C#Cc2c(F)cccc2F)cc1. The van der Waals surface area contributed by atoms with E-state index in [1.54, 1.807) is 0 Å². The van der Waals surface area contributed by atoms with Crippen molar-refractivity contribution >= 4 is 0 Å². The van der Waals surface area contributed by atoms with Crippen LogP contribution in [0.25, 0.3) is 0 Å². The highest BCUT2D eigenvalue weighted by Gasteiger charge is 2.04. The van der Waals surface area contributed by atoms with Crippen LogP contribution in [-0.4, -0.2) is 0 Å². The summed E-state index contributed by atoms with van der Waals surface area (Å²) in [7, 11) is 0. The summed E-state index contributed by atoms with van der Waals surface area (Å²) in [6.45, 7) is 1.97. The van der Waals surface area contributed by atoms with Crippen LogP contribution in [0.2, 0.25) is 0 Å². The molecule has 0 spiro atoms. The van der Waals surface area contributed by atoms with Crippen molar-refractivity contribution in [1.82, 2.24) is 0 Å². The Morgan fingerprint density at radius 3 is 2.00 bits per heavy atom. The quantitative estimate of drug-likeness (QED) is 0.603. The fourth-order valence-electron chi connectivity index (χ4n) is 1.39. The number of benzene rings is 2. The van der Waals surface area contributed by atoms with E-state index >= 15 is 0 Å². The topological polar surface area (TPSA) is 0 Å². The predicted molar refractivity (Wildman–Crippen MR) is 63.5 cm³/mol. The molecule has 0 aliphatic rings. The molecule has 0 aliphatic heterocycles. The van der Waals surface area contributed by atoms with Crippen molar-refractivity contribution in [3.05, 3.63) is 70.8 Å². The third-order valence-electron chi connectivity index (χ3n) is 2.35. The maximum atomic E-state index is 13.3. The largest absolute Gasteiger partial charge is 0.206 e.